The largest absolute Gasteiger partial charge is 0.369 e. The maximum absolute atomic E-state index is 13.8. The average molecular weight is 326 g/mol. The first kappa shape index (κ1) is 16.1. The highest BCUT2D eigenvalue weighted by Crippen LogP contribution is 2.47. The lowest BCUT2D eigenvalue weighted by molar-refractivity contribution is 0.411. The topological polar surface area (TPSA) is 15.3 Å². The van der Waals surface area contributed by atoms with Crippen molar-refractivity contribution in [3.8, 4) is 0 Å². The molecule has 0 spiro atoms. The molecule has 1 aromatic carbocycles. The van der Waals surface area contributed by atoms with Crippen molar-refractivity contribution < 1.29 is 8.78 Å². The van der Waals surface area contributed by atoms with Crippen LogP contribution in [0.2, 0.25) is 0 Å². The van der Waals surface area contributed by atoms with Crippen LogP contribution < -0.4 is 10.2 Å². The van der Waals surface area contributed by atoms with E-state index in [1.807, 2.05) is 4.90 Å². The Bertz CT molecular complexity index is 511. The zero-order valence-electron chi connectivity index (χ0n) is 13.1. The van der Waals surface area contributed by atoms with Gasteiger partial charge in [-0.05, 0) is 43.6 Å². The molecule has 2 aliphatic rings. The Morgan fingerprint density at radius 3 is 2.59 bits per heavy atom. The molecule has 5 heteroatoms. The quantitative estimate of drug-likeness (QED) is 0.856. The SMILES string of the molecule is CCSC1(CNC2CCN(c3ccc(F)cc3F)CC2)CC1. The van der Waals surface area contributed by atoms with Gasteiger partial charge in [0.15, 0.2) is 0 Å². The summed E-state index contributed by atoms with van der Waals surface area (Å²) in [6.07, 6.45) is 4.70. The Morgan fingerprint density at radius 2 is 2.00 bits per heavy atom. The van der Waals surface area contributed by atoms with Gasteiger partial charge in [0.05, 0.1) is 5.69 Å². The minimum atomic E-state index is -0.513. The molecule has 1 aliphatic carbocycles. The lowest BCUT2D eigenvalue weighted by Gasteiger charge is -2.35. The minimum Gasteiger partial charge on any atom is -0.369 e. The number of thioether (sulfide) groups is 1. The van der Waals surface area contributed by atoms with E-state index in [1.165, 1.54) is 24.7 Å². The minimum absolute atomic E-state index is 0.456. The highest BCUT2D eigenvalue weighted by molar-refractivity contribution is 8.00. The van der Waals surface area contributed by atoms with Crippen LogP contribution in [0, 0.1) is 11.6 Å². The second-order valence-corrected chi connectivity index (χ2v) is 8.09. The summed E-state index contributed by atoms with van der Waals surface area (Å²) >= 11 is 2.08. The summed E-state index contributed by atoms with van der Waals surface area (Å²) in [6.45, 7) is 4.98. The van der Waals surface area contributed by atoms with Crippen molar-refractivity contribution in [1.29, 1.82) is 0 Å². The van der Waals surface area contributed by atoms with Gasteiger partial charge in [-0.1, -0.05) is 6.92 Å². The standard InChI is InChI=1S/C17H24F2N2S/c1-2-22-17(7-8-17)12-20-14-5-9-21(10-6-14)16-4-3-13(18)11-15(16)19/h3-4,11,14,20H,2,5-10,12H2,1H3. The van der Waals surface area contributed by atoms with Gasteiger partial charge in [0.2, 0.25) is 0 Å². The Kier molecular flexibility index (Phi) is 4.93. The van der Waals surface area contributed by atoms with Gasteiger partial charge in [-0.15, -0.1) is 0 Å². The number of nitrogens with zero attached hydrogens (tertiary/aromatic N) is 1. The molecule has 3 rings (SSSR count). The second-order valence-electron chi connectivity index (χ2n) is 6.35. The smallest absolute Gasteiger partial charge is 0.149 e. The molecular weight excluding hydrogens is 302 g/mol. The number of nitrogens with one attached hydrogen (secondary N) is 1. The fraction of sp³-hybridized carbons (Fsp3) is 0.647. The van der Waals surface area contributed by atoms with E-state index in [0.29, 0.717) is 16.5 Å². The van der Waals surface area contributed by atoms with Crippen molar-refractivity contribution in [3.63, 3.8) is 0 Å². The molecule has 0 atom stereocenters. The number of halogens is 2. The van der Waals surface area contributed by atoms with E-state index in [1.54, 1.807) is 6.07 Å². The van der Waals surface area contributed by atoms with Crippen LogP contribution in [0.4, 0.5) is 14.5 Å². The van der Waals surface area contributed by atoms with E-state index in [-0.39, 0.29) is 0 Å². The van der Waals surface area contributed by atoms with Gasteiger partial charge < -0.3 is 10.2 Å². The Balaban J connectivity index is 1.48. The van der Waals surface area contributed by atoms with Crippen molar-refractivity contribution in [3.05, 3.63) is 29.8 Å². The van der Waals surface area contributed by atoms with E-state index >= 15 is 0 Å². The second kappa shape index (κ2) is 6.75. The fourth-order valence-electron chi connectivity index (χ4n) is 3.21. The lowest BCUT2D eigenvalue weighted by atomic mass is 10.0. The molecule has 2 fully saturated rings. The molecule has 2 nitrogen and oxygen atoms in total. The molecule has 0 aromatic heterocycles. The van der Waals surface area contributed by atoms with Crippen LogP contribution >= 0.6 is 11.8 Å². The van der Waals surface area contributed by atoms with Gasteiger partial charge in [0.1, 0.15) is 11.6 Å². The van der Waals surface area contributed by atoms with Gasteiger partial charge in [0, 0.05) is 36.5 Å². The van der Waals surface area contributed by atoms with Crippen LogP contribution in [-0.2, 0) is 0 Å². The zero-order valence-corrected chi connectivity index (χ0v) is 13.9. The van der Waals surface area contributed by atoms with E-state index in [2.05, 4.69) is 24.0 Å². The molecule has 1 saturated carbocycles. The number of piperidine rings is 1. The third-order valence-electron chi connectivity index (χ3n) is 4.72. The van der Waals surface area contributed by atoms with Crippen LogP contribution in [0.5, 0.6) is 0 Å². The van der Waals surface area contributed by atoms with Crippen molar-refractivity contribution >= 4 is 17.4 Å². The molecule has 1 N–H and O–H groups in total. The molecule has 22 heavy (non-hydrogen) atoms. The molecule has 1 aliphatic heterocycles. The first-order valence-electron chi connectivity index (χ1n) is 8.19. The summed E-state index contributed by atoms with van der Waals surface area (Å²) in [5, 5.41) is 3.70. The number of anilines is 1. The van der Waals surface area contributed by atoms with Gasteiger partial charge >= 0.3 is 0 Å². The highest BCUT2D eigenvalue weighted by atomic mass is 32.2. The third-order valence-corrected chi connectivity index (χ3v) is 6.17. The fourth-order valence-corrected chi connectivity index (χ4v) is 4.40. The first-order valence-corrected chi connectivity index (χ1v) is 9.18. The molecule has 0 unspecified atom stereocenters. The molecule has 0 amide bonds. The third kappa shape index (κ3) is 3.74. The molecule has 1 heterocycles. The van der Waals surface area contributed by atoms with Crippen LogP contribution in [0.1, 0.15) is 32.6 Å². The normalized spacial score (nSPS) is 21.1. The van der Waals surface area contributed by atoms with Crippen molar-refractivity contribution in [2.45, 2.75) is 43.4 Å². The number of benzene rings is 1. The summed E-state index contributed by atoms with van der Waals surface area (Å²) in [6, 6.07) is 4.38. The van der Waals surface area contributed by atoms with Gasteiger partial charge in [-0.2, -0.15) is 11.8 Å². The lowest BCUT2D eigenvalue weighted by Crippen LogP contribution is -2.45. The molecule has 122 valence electrons. The van der Waals surface area contributed by atoms with Crippen molar-refractivity contribution in [1.82, 2.24) is 5.32 Å². The zero-order chi connectivity index (χ0) is 15.6. The molecule has 0 radical (unpaired) electrons. The van der Waals surface area contributed by atoms with Crippen LogP contribution in [0.15, 0.2) is 18.2 Å². The van der Waals surface area contributed by atoms with Crippen LogP contribution in [0.25, 0.3) is 0 Å². The summed E-state index contributed by atoms with van der Waals surface area (Å²) < 4.78 is 27.3. The van der Waals surface area contributed by atoms with E-state index in [4.69, 9.17) is 0 Å². The number of rotatable bonds is 6. The Morgan fingerprint density at radius 1 is 1.27 bits per heavy atom. The van der Waals surface area contributed by atoms with Crippen molar-refractivity contribution in [2.75, 3.05) is 30.3 Å². The maximum Gasteiger partial charge on any atom is 0.149 e. The van der Waals surface area contributed by atoms with Gasteiger partial charge in [-0.3, -0.25) is 0 Å². The van der Waals surface area contributed by atoms with E-state index < -0.39 is 11.6 Å². The van der Waals surface area contributed by atoms with E-state index in [0.717, 1.165) is 38.5 Å². The first-order chi connectivity index (χ1) is 10.6. The molecular formula is C17H24F2N2S. The Labute approximate surface area is 135 Å². The van der Waals surface area contributed by atoms with E-state index in [9.17, 15) is 8.78 Å². The summed E-state index contributed by atoms with van der Waals surface area (Å²) in [4.78, 5) is 2.03. The number of hydrogen-bond donors (Lipinski definition) is 1. The predicted molar refractivity (Wildman–Crippen MR) is 89.7 cm³/mol. The average Bonchev–Trinajstić information content (AvgIpc) is 3.27. The molecule has 1 aromatic rings. The summed E-state index contributed by atoms with van der Waals surface area (Å²) in [7, 11) is 0. The van der Waals surface area contributed by atoms with Crippen molar-refractivity contribution in [2.24, 2.45) is 0 Å². The van der Waals surface area contributed by atoms with Gasteiger partial charge in [-0.25, -0.2) is 8.78 Å². The van der Waals surface area contributed by atoms with Crippen LogP contribution in [0.3, 0.4) is 0 Å². The molecule has 0 bridgehead atoms. The highest BCUT2D eigenvalue weighted by Gasteiger charge is 2.42. The summed E-state index contributed by atoms with van der Waals surface area (Å²) in [5.41, 5.74) is 0.528. The maximum atomic E-state index is 13.8. The molecule has 1 saturated heterocycles. The van der Waals surface area contributed by atoms with Crippen LogP contribution in [-0.4, -0.2) is 36.2 Å². The number of hydrogen-bond acceptors (Lipinski definition) is 3. The predicted octanol–water partition coefficient (Wildman–Crippen LogP) is 3.81. The van der Waals surface area contributed by atoms with Gasteiger partial charge in [0.25, 0.3) is 0 Å². The monoisotopic (exact) mass is 326 g/mol. The Hall–Kier alpha value is -0.810. The summed E-state index contributed by atoms with van der Waals surface area (Å²) in [5.74, 6) is 0.216.